The van der Waals surface area contributed by atoms with Crippen LogP contribution in [0.15, 0.2) is 60.7 Å². The standard InChI is InChI=1S/C12H24O6.4C12H27O4Si.2C7H8.CH2O3.K.U/c1-2-14-5-6-16-9-10-18-12-11-17-8-7-15-4-3-13-1;4*1-10(2,3)14-17(13,15-11(4,5)6)16-12(7,8)9;2*1-7-5-3-2-4-6-7;2-1(3)4;;/h1-12H2;4*1-9H3;2*2-6H,1H3;(H2,2,3,4);;/q;4*-1;;;;+1;/p-2. The van der Waals surface area contributed by atoms with Gasteiger partial charge >= 0.3 is 87.6 Å². The van der Waals surface area contributed by atoms with E-state index < -0.39 is 110 Å². The molecule has 1 saturated heterocycles. The van der Waals surface area contributed by atoms with Gasteiger partial charge in [-0.1, -0.05) is 71.8 Å². The van der Waals surface area contributed by atoms with Crippen LogP contribution < -0.4 is 80.8 Å². The SMILES string of the molecule is C1COCCOCCOCCOCCOCCO1.CC(C)(C)O[Si]([O-])(OC(C)(C)C)OC(C)(C)C.CC(C)(C)O[Si]([O-])(OC(C)(C)C)OC(C)(C)C.CC(C)(C)O[Si]([O-])(OC(C)(C)C)OC(C)(C)C.CC(C)(C)O[Si]([O-])(OC(C)(C)C)OC(C)(C)C.Cc1ccccc1.Cc1ccccc1.O=C([O-])[O-].[K+].[U]. The summed E-state index contributed by atoms with van der Waals surface area (Å²) in [6, 6.07) is 20.5. The van der Waals surface area contributed by atoms with Crippen molar-refractivity contribution in [2.45, 2.75) is 330 Å². The normalized spacial score (nSPS) is 15.2. The fourth-order valence-corrected chi connectivity index (χ4v) is 16.6. The maximum Gasteiger partial charge on any atom is 1.00 e. The summed E-state index contributed by atoms with van der Waals surface area (Å²) in [6.45, 7) is 76.9. The van der Waals surface area contributed by atoms with Gasteiger partial charge < -0.3 is 116 Å². The van der Waals surface area contributed by atoms with Crippen LogP contribution in [0.4, 0.5) is 4.79 Å². The first-order valence-corrected chi connectivity index (χ1v) is 42.1. The molecule has 1 fully saturated rings. The molecule has 0 N–H and O–H groups in total. The Morgan fingerprint density at radius 1 is 0.255 bits per heavy atom. The quantitative estimate of drug-likeness (QED) is 0.185. The fraction of sp³-hybridized carbons (Fsp3) is 0.827. The maximum atomic E-state index is 12.6. The smallest absolute Gasteiger partial charge is 0.793 e. The zero-order valence-electron chi connectivity index (χ0n) is 73.5. The molecule has 0 saturated carbocycles. The zero-order valence-corrected chi connectivity index (χ0v) is 84.8. The largest absolute Gasteiger partial charge is 1.00 e. The van der Waals surface area contributed by atoms with Gasteiger partial charge in [-0.2, -0.15) is 0 Å². The number of benzene rings is 2. The van der Waals surface area contributed by atoms with Crippen LogP contribution in [-0.4, -0.2) is 189 Å². The van der Waals surface area contributed by atoms with Crippen LogP contribution in [-0.2, 0) is 81.5 Å². The van der Waals surface area contributed by atoms with Gasteiger partial charge in [0, 0.05) is 31.1 Å². The van der Waals surface area contributed by atoms with Crippen molar-refractivity contribution in [3.05, 3.63) is 71.8 Å². The van der Waals surface area contributed by atoms with Crippen molar-refractivity contribution >= 4 is 42.3 Å². The van der Waals surface area contributed by atoms with Crippen molar-refractivity contribution in [2.24, 2.45) is 0 Å². The van der Waals surface area contributed by atoms with Gasteiger partial charge in [-0.25, -0.2) is 0 Å². The molecule has 0 spiro atoms. The Morgan fingerprint density at radius 3 is 0.396 bits per heavy atom. The molecule has 0 amide bonds. The second kappa shape index (κ2) is 54.3. The van der Waals surface area contributed by atoms with Crippen molar-refractivity contribution in [3.63, 3.8) is 0 Å². The Hall–Kier alpha value is 0.386. The van der Waals surface area contributed by atoms with Gasteiger partial charge in [-0.15, -0.1) is 0 Å². The van der Waals surface area contributed by atoms with Crippen LogP contribution in [0, 0.1) is 45.0 Å². The number of carboxylic acid groups (broad SMARTS) is 2. The minimum Gasteiger partial charge on any atom is -0.793 e. The molecule has 25 nitrogen and oxygen atoms in total. The number of carbonyl (C=O) groups is 1. The summed E-state index contributed by atoms with van der Waals surface area (Å²) in [5.74, 6) is 0. The number of carbonyl (C=O) groups excluding carboxylic acids is 1. The second-order valence-electron chi connectivity index (χ2n) is 35.8. The van der Waals surface area contributed by atoms with Crippen LogP contribution in [0.5, 0.6) is 0 Å². The molecule has 1 heterocycles. The van der Waals surface area contributed by atoms with Crippen LogP contribution in [0.2, 0.25) is 0 Å². The molecule has 2 aromatic rings. The molecule has 3 rings (SSSR count). The van der Waals surface area contributed by atoms with Gasteiger partial charge in [-0.3, -0.25) is 0 Å². The molecule has 2 aromatic carbocycles. The summed E-state index contributed by atoms with van der Waals surface area (Å²) in [5.41, 5.74) is -4.30. The second-order valence-corrected chi connectivity index (χ2v) is 42.3. The minimum absolute atomic E-state index is 0. The molecule has 106 heavy (non-hydrogen) atoms. The molecule has 0 atom stereocenters. The Balaban J connectivity index is -0.000000217. The van der Waals surface area contributed by atoms with Gasteiger partial charge in [0.15, 0.2) is 0 Å². The van der Waals surface area contributed by atoms with E-state index in [1.807, 2.05) is 286 Å². The third kappa shape index (κ3) is 98.6. The summed E-state index contributed by atoms with van der Waals surface area (Å²) >= 11 is 0. The first-order chi connectivity index (χ1) is 46.0. The third-order valence-electron chi connectivity index (χ3n) is 9.29. The van der Waals surface area contributed by atoms with E-state index in [1.165, 1.54) is 11.1 Å². The Kier molecular flexibility index (Phi) is 61.3. The first-order valence-electron chi connectivity index (χ1n) is 35.6. The van der Waals surface area contributed by atoms with Gasteiger partial charge in [-0.05, 0) is 269 Å². The zero-order chi connectivity index (χ0) is 83.0. The van der Waals surface area contributed by atoms with Crippen LogP contribution in [0.1, 0.15) is 260 Å². The number of hydrogen-bond donors (Lipinski definition) is 0. The Labute approximate surface area is 715 Å². The predicted molar refractivity (Wildman–Crippen MR) is 406 cm³/mol. The van der Waals surface area contributed by atoms with Gasteiger partial charge in [0.05, 0.1) is 146 Å². The number of ether oxygens (including phenoxy) is 6. The van der Waals surface area contributed by atoms with E-state index in [0.29, 0.717) is 79.3 Å². The van der Waals surface area contributed by atoms with Gasteiger partial charge in [0.25, 0.3) is 0 Å². The van der Waals surface area contributed by atoms with Crippen LogP contribution >= 0.6 is 0 Å². The summed E-state index contributed by atoms with van der Waals surface area (Å²) in [6.07, 6.45) is -2.33. The van der Waals surface area contributed by atoms with Crippen molar-refractivity contribution < 1.29 is 198 Å². The van der Waals surface area contributed by atoms with E-state index in [4.69, 9.17) is 96.5 Å². The average molecular weight is 1840 g/mol. The minimum atomic E-state index is -3.91. The maximum absolute atomic E-state index is 12.6. The van der Waals surface area contributed by atoms with Crippen molar-refractivity contribution in [1.29, 1.82) is 0 Å². The molecule has 31 heteroatoms. The molecule has 624 valence electrons. The van der Waals surface area contributed by atoms with Crippen molar-refractivity contribution in [3.8, 4) is 0 Å². The van der Waals surface area contributed by atoms with E-state index in [1.54, 1.807) is 0 Å². The van der Waals surface area contributed by atoms with Gasteiger partial charge in [0.1, 0.15) is 0 Å². The van der Waals surface area contributed by atoms with Crippen LogP contribution in [0.3, 0.4) is 0 Å². The molecule has 1 aliphatic rings. The van der Waals surface area contributed by atoms with Crippen molar-refractivity contribution in [2.75, 3.05) is 79.3 Å². The Morgan fingerprint density at radius 2 is 0.340 bits per heavy atom. The molecular formula is C75H148KO25Si4U-5. The Bertz CT molecular complexity index is 1950. The van der Waals surface area contributed by atoms with Crippen molar-refractivity contribution in [1.82, 2.24) is 0 Å². The molecule has 0 unspecified atom stereocenters. The third-order valence-corrected chi connectivity index (χ3v) is 19.6. The summed E-state index contributed by atoms with van der Waals surface area (Å²) in [4.78, 5) is 58.8. The summed E-state index contributed by atoms with van der Waals surface area (Å²) in [7, 11) is -15.6. The molecule has 0 aromatic heterocycles. The molecule has 0 radical (unpaired) electrons. The van der Waals surface area contributed by atoms with Gasteiger partial charge in [0.2, 0.25) is 0 Å². The summed E-state index contributed by atoms with van der Waals surface area (Å²) in [5, 5.41) is 16.7. The number of hydrogen-bond acceptors (Lipinski definition) is 25. The first kappa shape index (κ1) is 120. The van der Waals surface area contributed by atoms with Crippen LogP contribution in [0.25, 0.3) is 0 Å². The molecule has 0 bridgehead atoms. The van der Waals surface area contributed by atoms with E-state index in [9.17, 15) is 19.2 Å². The predicted octanol–water partition coefficient (Wildman–Crippen LogP) is 7.56. The fourth-order valence-electron chi connectivity index (χ4n) is 7.14. The molecule has 1 aliphatic heterocycles. The monoisotopic (exact) mass is 1840 g/mol. The van der Waals surface area contributed by atoms with E-state index in [2.05, 4.69) is 38.1 Å². The molecule has 0 aliphatic carbocycles. The van der Waals surface area contributed by atoms with E-state index in [0.717, 1.165) is 0 Å². The summed E-state index contributed by atoms with van der Waals surface area (Å²) < 4.78 is 98.2. The number of aryl methyl sites for hydroxylation is 2. The van der Waals surface area contributed by atoms with E-state index >= 15 is 0 Å². The number of rotatable bonds is 12. The topological polar surface area (TPSA) is 322 Å². The molecular weight excluding hydrogens is 1690 g/mol. The average Bonchev–Trinajstić information content (AvgIpc) is 0.843. The van der Waals surface area contributed by atoms with E-state index in [-0.39, 0.29) is 82.5 Å².